The Bertz CT molecular complexity index is 421. The molecule has 0 aromatic heterocycles. The Morgan fingerprint density at radius 2 is 1.95 bits per heavy atom. The van der Waals surface area contributed by atoms with E-state index >= 15 is 0 Å². The highest BCUT2D eigenvalue weighted by Crippen LogP contribution is 2.46. The summed E-state index contributed by atoms with van der Waals surface area (Å²) in [5, 5.41) is 10.8. The van der Waals surface area contributed by atoms with Gasteiger partial charge in [0, 0.05) is 0 Å². The fraction of sp³-hybridized carbons (Fsp3) is 0.667. The van der Waals surface area contributed by atoms with Crippen molar-refractivity contribution in [3.63, 3.8) is 0 Å². The van der Waals surface area contributed by atoms with Gasteiger partial charge in [-0.3, -0.25) is 0 Å². The maximum Gasteiger partial charge on any atom is 0.0821 e. The third kappa shape index (κ3) is 2.86. The predicted molar refractivity (Wildman–Crippen MR) is 79.1 cm³/mol. The molecule has 2 aliphatic rings. The summed E-state index contributed by atoms with van der Waals surface area (Å²) < 4.78 is 0. The van der Waals surface area contributed by atoms with Crippen LogP contribution in [0, 0.1) is 11.8 Å². The van der Waals surface area contributed by atoms with Crippen LogP contribution in [0.5, 0.6) is 0 Å². The van der Waals surface area contributed by atoms with E-state index in [-0.39, 0.29) is 6.10 Å². The number of hydrogen-bond donors (Lipinski definition) is 1. The lowest BCUT2D eigenvalue weighted by atomic mass is 9.75. The van der Waals surface area contributed by atoms with Crippen molar-refractivity contribution in [2.45, 2.75) is 63.9 Å². The molecule has 0 bridgehead atoms. The molecule has 1 aromatic rings. The zero-order valence-corrected chi connectivity index (χ0v) is 12.0. The third-order valence-electron chi connectivity index (χ3n) is 5.18. The van der Waals surface area contributed by atoms with E-state index in [2.05, 4.69) is 31.2 Å². The first kappa shape index (κ1) is 13.2. The minimum atomic E-state index is -0.230. The van der Waals surface area contributed by atoms with Crippen molar-refractivity contribution < 1.29 is 5.11 Å². The van der Waals surface area contributed by atoms with Crippen LogP contribution >= 0.6 is 0 Å². The van der Waals surface area contributed by atoms with E-state index in [1.54, 1.807) is 0 Å². The van der Waals surface area contributed by atoms with Gasteiger partial charge in [0.1, 0.15) is 0 Å². The topological polar surface area (TPSA) is 20.2 Å². The lowest BCUT2D eigenvalue weighted by Crippen LogP contribution is -2.22. The Labute approximate surface area is 117 Å². The van der Waals surface area contributed by atoms with Crippen LogP contribution in [0.15, 0.2) is 24.3 Å². The molecule has 3 unspecified atom stereocenters. The second-order valence-corrected chi connectivity index (χ2v) is 6.55. The molecule has 3 rings (SSSR count). The Hall–Kier alpha value is -0.820. The van der Waals surface area contributed by atoms with E-state index in [1.807, 2.05) is 0 Å². The zero-order valence-electron chi connectivity index (χ0n) is 12.0. The third-order valence-corrected chi connectivity index (χ3v) is 5.18. The SMILES string of the molecule is CCC1CCCC(C(O)c2ccccc2C2CC2)C1. The molecule has 3 atom stereocenters. The van der Waals surface area contributed by atoms with Crippen LogP contribution < -0.4 is 0 Å². The Kier molecular flexibility index (Phi) is 3.93. The predicted octanol–water partition coefficient (Wildman–Crippen LogP) is 4.81. The summed E-state index contributed by atoms with van der Waals surface area (Å²) in [5.74, 6) is 2.05. The van der Waals surface area contributed by atoms with E-state index in [4.69, 9.17) is 0 Å². The molecule has 1 heteroatoms. The summed E-state index contributed by atoms with van der Waals surface area (Å²) in [6.45, 7) is 2.29. The average Bonchev–Trinajstić information content (AvgIpc) is 3.31. The molecule has 0 aliphatic heterocycles. The minimum Gasteiger partial charge on any atom is -0.388 e. The van der Waals surface area contributed by atoms with E-state index < -0.39 is 0 Å². The largest absolute Gasteiger partial charge is 0.388 e. The van der Waals surface area contributed by atoms with Gasteiger partial charge in [-0.2, -0.15) is 0 Å². The number of rotatable bonds is 4. The molecule has 2 fully saturated rings. The van der Waals surface area contributed by atoms with Crippen LogP contribution in [0.25, 0.3) is 0 Å². The van der Waals surface area contributed by atoms with Crippen LogP contribution in [-0.2, 0) is 0 Å². The molecule has 1 nitrogen and oxygen atoms in total. The molecule has 0 spiro atoms. The van der Waals surface area contributed by atoms with E-state index in [9.17, 15) is 5.11 Å². The van der Waals surface area contributed by atoms with Gasteiger partial charge in [-0.25, -0.2) is 0 Å². The van der Waals surface area contributed by atoms with E-state index in [0.717, 1.165) is 11.8 Å². The monoisotopic (exact) mass is 258 g/mol. The van der Waals surface area contributed by atoms with E-state index in [1.165, 1.54) is 56.1 Å². The fourth-order valence-electron chi connectivity index (χ4n) is 3.79. The Morgan fingerprint density at radius 3 is 2.68 bits per heavy atom. The highest BCUT2D eigenvalue weighted by atomic mass is 16.3. The van der Waals surface area contributed by atoms with Crippen molar-refractivity contribution >= 4 is 0 Å². The highest BCUT2D eigenvalue weighted by molar-refractivity contribution is 5.35. The zero-order chi connectivity index (χ0) is 13.2. The van der Waals surface area contributed by atoms with Crippen LogP contribution in [0.1, 0.15) is 75.0 Å². The molecule has 2 saturated carbocycles. The Morgan fingerprint density at radius 1 is 1.16 bits per heavy atom. The number of aliphatic hydroxyl groups excluding tert-OH is 1. The summed E-state index contributed by atoms with van der Waals surface area (Å²) in [5.41, 5.74) is 2.65. The van der Waals surface area contributed by atoms with Crippen LogP contribution in [0.3, 0.4) is 0 Å². The number of hydrogen-bond acceptors (Lipinski definition) is 1. The molecule has 0 heterocycles. The molecule has 0 amide bonds. The highest BCUT2D eigenvalue weighted by Gasteiger charge is 2.32. The van der Waals surface area contributed by atoms with E-state index in [0.29, 0.717) is 5.92 Å². The summed E-state index contributed by atoms with van der Waals surface area (Å²) in [6, 6.07) is 8.61. The second-order valence-electron chi connectivity index (χ2n) is 6.55. The molecule has 2 aliphatic carbocycles. The second kappa shape index (κ2) is 5.66. The molecule has 19 heavy (non-hydrogen) atoms. The van der Waals surface area contributed by atoms with Gasteiger partial charge < -0.3 is 5.11 Å². The van der Waals surface area contributed by atoms with Crippen molar-refractivity contribution in [2.24, 2.45) is 11.8 Å². The van der Waals surface area contributed by atoms with Gasteiger partial charge in [-0.05, 0) is 54.6 Å². The summed E-state index contributed by atoms with van der Waals surface area (Å²) >= 11 is 0. The molecule has 1 aromatic carbocycles. The average molecular weight is 258 g/mol. The van der Waals surface area contributed by atoms with Gasteiger partial charge in [0.25, 0.3) is 0 Å². The van der Waals surface area contributed by atoms with Crippen molar-refractivity contribution in [3.8, 4) is 0 Å². The van der Waals surface area contributed by atoms with Gasteiger partial charge in [0.05, 0.1) is 6.10 Å². The van der Waals surface area contributed by atoms with Gasteiger partial charge in [-0.1, -0.05) is 50.5 Å². The van der Waals surface area contributed by atoms with Crippen molar-refractivity contribution in [1.29, 1.82) is 0 Å². The van der Waals surface area contributed by atoms with Gasteiger partial charge in [0.2, 0.25) is 0 Å². The summed E-state index contributed by atoms with van der Waals surface area (Å²) in [4.78, 5) is 0. The van der Waals surface area contributed by atoms with Gasteiger partial charge in [-0.15, -0.1) is 0 Å². The molecule has 104 valence electrons. The molecule has 0 saturated heterocycles. The lowest BCUT2D eigenvalue weighted by Gasteiger charge is -2.32. The number of aliphatic hydroxyl groups is 1. The first-order chi connectivity index (χ1) is 9.29. The molecule has 0 radical (unpaired) electrons. The van der Waals surface area contributed by atoms with Crippen LogP contribution in [0.4, 0.5) is 0 Å². The minimum absolute atomic E-state index is 0.230. The summed E-state index contributed by atoms with van der Waals surface area (Å²) in [7, 11) is 0. The van der Waals surface area contributed by atoms with Crippen LogP contribution in [-0.4, -0.2) is 5.11 Å². The molecular formula is C18H26O. The maximum atomic E-state index is 10.8. The first-order valence-electron chi connectivity index (χ1n) is 8.06. The Balaban J connectivity index is 1.77. The van der Waals surface area contributed by atoms with Crippen molar-refractivity contribution in [3.05, 3.63) is 35.4 Å². The molecule has 1 N–H and O–H groups in total. The van der Waals surface area contributed by atoms with Crippen molar-refractivity contribution in [1.82, 2.24) is 0 Å². The summed E-state index contributed by atoms with van der Waals surface area (Å²) in [6.07, 6.45) is 8.75. The maximum absolute atomic E-state index is 10.8. The van der Waals surface area contributed by atoms with Gasteiger partial charge >= 0.3 is 0 Å². The van der Waals surface area contributed by atoms with Gasteiger partial charge in [0.15, 0.2) is 0 Å². The lowest BCUT2D eigenvalue weighted by molar-refractivity contribution is 0.0671. The molecular weight excluding hydrogens is 232 g/mol. The number of benzene rings is 1. The smallest absolute Gasteiger partial charge is 0.0821 e. The fourth-order valence-corrected chi connectivity index (χ4v) is 3.79. The first-order valence-corrected chi connectivity index (χ1v) is 8.06. The normalized spacial score (nSPS) is 29.2. The quantitative estimate of drug-likeness (QED) is 0.821. The van der Waals surface area contributed by atoms with Crippen LogP contribution in [0.2, 0.25) is 0 Å². The van der Waals surface area contributed by atoms with Crippen molar-refractivity contribution in [2.75, 3.05) is 0 Å². The standard InChI is InChI=1S/C18H26O/c1-2-13-6-5-7-15(12-13)18(19)17-9-4-3-8-16(17)14-10-11-14/h3-4,8-9,13-15,18-19H,2,5-7,10-12H2,1H3.